The highest BCUT2D eigenvalue weighted by Gasteiger charge is 2.16. The van der Waals surface area contributed by atoms with Gasteiger partial charge in [0.25, 0.3) is 5.91 Å². The molecule has 1 amide bonds. The SMILES string of the molecule is O=C(Nc1nn(Cc2ccc(Cl)c(Cl)c2)cc1Cl)c1cccc(Cl)c1Cl. The minimum absolute atomic E-state index is 0.165. The molecule has 26 heavy (non-hydrogen) atoms. The van der Waals surface area contributed by atoms with Gasteiger partial charge in [0.05, 0.1) is 32.2 Å². The van der Waals surface area contributed by atoms with Gasteiger partial charge in [-0.25, -0.2) is 0 Å². The third-order valence-electron chi connectivity index (χ3n) is 3.47. The molecule has 2 aromatic carbocycles. The molecule has 0 aliphatic carbocycles. The molecule has 0 spiro atoms. The van der Waals surface area contributed by atoms with Crippen molar-refractivity contribution in [2.24, 2.45) is 0 Å². The Hall–Kier alpha value is -1.43. The van der Waals surface area contributed by atoms with Gasteiger partial charge >= 0.3 is 0 Å². The highest BCUT2D eigenvalue weighted by atomic mass is 35.5. The van der Waals surface area contributed by atoms with Crippen LogP contribution in [-0.4, -0.2) is 15.7 Å². The monoisotopic (exact) mass is 447 g/mol. The van der Waals surface area contributed by atoms with Crippen LogP contribution in [0.3, 0.4) is 0 Å². The highest BCUT2D eigenvalue weighted by molar-refractivity contribution is 6.44. The lowest BCUT2D eigenvalue weighted by Crippen LogP contribution is -2.13. The molecular formula is C17H10Cl5N3O. The Morgan fingerprint density at radius 3 is 2.46 bits per heavy atom. The zero-order chi connectivity index (χ0) is 18.8. The Bertz CT molecular complexity index is 987. The molecular weight excluding hydrogens is 439 g/mol. The highest BCUT2D eigenvalue weighted by Crippen LogP contribution is 2.28. The molecule has 0 unspecified atom stereocenters. The smallest absolute Gasteiger partial charge is 0.258 e. The number of hydrogen-bond acceptors (Lipinski definition) is 2. The van der Waals surface area contributed by atoms with Gasteiger partial charge in [-0.05, 0) is 29.8 Å². The van der Waals surface area contributed by atoms with E-state index in [9.17, 15) is 4.79 Å². The maximum atomic E-state index is 12.4. The lowest BCUT2D eigenvalue weighted by Gasteiger charge is -2.06. The van der Waals surface area contributed by atoms with E-state index in [0.29, 0.717) is 16.6 Å². The van der Waals surface area contributed by atoms with Crippen LogP contribution in [0.1, 0.15) is 15.9 Å². The van der Waals surface area contributed by atoms with Gasteiger partial charge in [-0.2, -0.15) is 5.10 Å². The molecule has 1 aromatic heterocycles. The Balaban J connectivity index is 1.78. The molecule has 0 aliphatic heterocycles. The fraction of sp³-hybridized carbons (Fsp3) is 0.0588. The largest absolute Gasteiger partial charge is 0.304 e. The van der Waals surface area contributed by atoms with Gasteiger partial charge in [-0.1, -0.05) is 70.1 Å². The van der Waals surface area contributed by atoms with Crippen molar-refractivity contribution in [1.29, 1.82) is 0 Å². The Morgan fingerprint density at radius 2 is 1.73 bits per heavy atom. The second kappa shape index (κ2) is 8.07. The number of hydrogen-bond donors (Lipinski definition) is 1. The van der Waals surface area contributed by atoms with Gasteiger partial charge in [-0.15, -0.1) is 0 Å². The van der Waals surface area contributed by atoms with E-state index in [4.69, 9.17) is 58.0 Å². The molecule has 0 radical (unpaired) electrons. The van der Waals surface area contributed by atoms with Crippen molar-refractivity contribution in [3.8, 4) is 0 Å². The summed E-state index contributed by atoms with van der Waals surface area (Å²) in [5, 5.41) is 8.57. The van der Waals surface area contributed by atoms with Crippen molar-refractivity contribution in [3.05, 3.63) is 78.8 Å². The number of halogens is 5. The lowest BCUT2D eigenvalue weighted by atomic mass is 10.2. The van der Waals surface area contributed by atoms with Crippen LogP contribution < -0.4 is 5.32 Å². The summed E-state index contributed by atoms with van der Waals surface area (Å²) in [7, 11) is 0. The molecule has 0 saturated heterocycles. The van der Waals surface area contributed by atoms with Gasteiger partial charge in [-0.3, -0.25) is 9.48 Å². The summed E-state index contributed by atoms with van der Waals surface area (Å²) in [6.07, 6.45) is 1.60. The third-order valence-corrected chi connectivity index (χ3v) is 5.31. The van der Waals surface area contributed by atoms with E-state index in [1.54, 1.807) is 41.2 Å². The van der Waals surface area contributed by atoms with Gasteiger partial charge in [0.1, 0.15) is 5.02 Å². The van der Waals surface area contributed by atoms with Crippen LogP contribution in [0, 0.1) is 0 Å². The average Bonchev–Trinajstić information content (AvgIpc) is 2.92. The number of aromatic nitrogens is 2. The van der Waals surface area contributed by atoms with Crippen molar-refractivity contribution < 1.29 is 4.79 Å². The van der Waals surface area contributed by atoms with Gasteiger partial charge < -0.3 is 5.32 Å². The van der Waals surface area contributed by atoms with Crippen LogP contribution in [0.4, 0.5) is 5.82 Å². The van der Waals surface area contributed by atoms with E-state index in [0.717, 1.165) is 5.56 Å². The fourth-order valence-corrected chi connectivity index (χ4v) is 3.15. The maximum absolute atomic E-state index is 12.4. The van der Waals surface area contributed by atoms with Crippen LogP contribution in [0.15, 0.2) is 42.6 Å². The predicted molar refractivity (Wildman–Crippen MR) is 107 cm³/mol. The molecule has 9 heteroatoms. The number of benzene rings is 2. The average molecular weight is 450 g/mol. The van der Waals surface area contributed by atoms with Gasteiger partial charge in [0.2, 0.25) is 0 Å². The lowest BCUT2D eigenvalue weighted by molar-refractivity contribution is 0.102. The number of amides is 1. The topological polar surface area (TPSA) is 46.9 Å². The zero-order valence-electron chi connectivity index (χ0n) is 12.9. The molecule has 0 bridgehead atoms. The molecule has 0 fully saturated rings. The number of carbonyl (C=O) groups is 1. The summed E-state index contributed by atoms with van der Waals surface area (Å²) >= 11 is 30.1. The first-order chi connectivity index (χ1) is 12.3. The predicted octanol–water partition coefficient (Wildman–Crippen LogP) is 6.45. The van der Waals surface area contributed by atoms with Crippen LogP contribution in [0.2, 0.25) is 25.1 Å². The Morgan fingerprint density at radius 1 is 0.962 bits per heavy atom. The number of nitrogens with zero attached hydrogens (tertiary/aromatic N) is 2. The minimum Gasteiger partial charge on any atom is -0.304 e. The van der Waals surface area contributed by atoms with E-state index < -0.39 is 5.91 Å². The molecule has 0 atom stereocenters. The molecule has 0 saturated carbocycles. The summed E-state index contributed by atoms with van der Waals surface area (Å²) in [4.78, 5) is 12.4. The second-order valence-corrected chi connectivity index (χ2v) is 7.33. The third kappa shape index (κ3) is 4.27. The van der Waals surface area contributed by atoms with Crippen LogP contribution in [0.5, 0.6) is 0 Å². The molecule has 134 valence electrons. The van der Waals surface area contributed by atoms with E-state index in [-0.39, 0.29) is 26.4 Å². The van der Waals surface area contributed by atoms with Crippen LogP contribution >= 0.6 is 58.0 Å². The number of rotatable bonds is 4. The summed E-state index contributed by atoms with van der Waals surface area (Å²) in [5.41, 5.74) is 1.11. The maximum Gasteiger partial charge on any atom is 0.258 e. The second-order valence-electron chi connectivity index (χ2n) is 5.33. The zero-order valence-corrected chi connectivity index (χ0v) is 16.7. The molecule has 1 heterocycles. The summed E-state index contributed by atoms with van der Waals surface area (Å²) in [6.45, 7) is 0.407. The van der Waals surface area contributed by atoms with Gasteiger partial charge in [0.15, 0.2) is 5.82 Å². The quantitative estimate of drug-likeness (QED) is 0.497. The van der Waals surface area contributed by atoms with Crippen molar-refractivity contribution >= 4 is 69.7 Å². The normalized spacial score (nSPS) is 10.8. The standard InChI is InChI=1S/C17H10Cl5N3O/c18-11-5-4-9(6-13(11)20)7-25-8-14(21)16(24-25)23-17(26)10-2-1-3-12(19)15(10)22/h1-6,8H,7H2,(H,23,24,26). The first kappa shape index (κ1) is 19.3. The molecule has 3 aromatic rings. The number of carbonyl (C=O) groups excluding carboxylic acids is 1. The molecule has 0 aliphatic rings. The van der Waals surface area contributed by atoms with Crippen molar-refractivity contribution in [2.75, 3.05) is 5.32 Å². The molecule has 4 nitrogen and oxygen atoms in total. The number of anilines is 1. The molecule has 3 rings (SSSR count). The van der Waals surface area contributed by atoms with E-state index >= 15 is 0 Å². The Kier molecular flexibility index (Phi) is 6.00. The van der Waals surface area contributed by atoms with Crippen molar-refractivity contribution in [1.82, 2.24) is 9.78 Å². The van der Waals surface area contributed by atoms with E-state index in [2.05, 4.69) is 10.4 Å². The van der Waals surface area contributed by atoms with E-state index in [1.165, 1.54) is 0 Å². The summed E-state index contributed by atoms with van der Waals surface area (Å²) in [5.74, 6) is -0.244. The first-order valence-corrected chi connectivity index (χ1v) is 9.16. The summed E-state index contributed by atoms with van der Waals surface area (Å²) < 4.78 is 1.58. The van der Waals surface area contributed by atoms with Crippen LogP contribution in [0.25, 0.3) is 0 Å². The molecule has 1 N–H and O–H groups in total. The minimum atomic E-state index is -0.459. The van der Waals surface area contributed by atoms with E-state index in [1.807, 2.05) is 6.07 Å². The van der Waals surface area contributed by atoms with Crippen LogP contribution in [-0.2, 0) is 6.54 Å². The number of nitrogens with one attached hydrogen (secondary N) is 1. The van der Waals surface area contributed by atoms with Crippen molar-refractivity contribution in [3.63, 3.8) is 0 Å². The Labute approximate surface area is 174 Å². The summed E-state index contributed by atoms with van der Waals surface area (Å²) in [6, 6.07) is 10.1. The van der Waals surface area contributed by atoms with Crippen molar-refractivity contribution in [2.45, 2.75) is 6.54 Å². The fourth-order valence-electron chi connectivity index (χ4n) is 2.24. The first-order valence-electron chi connectivity index (χ1n) is 7.27. The van der Waals surface area contributed by atoms with Gasteiger partial charge in [0, 0.05) is 6.20 Å².